The Kier molecular flexibility index (Phi) is 6.38. The van der Waals surface area contributed by atoms with Crippen LogP contribution in [-0.4, -0.2) is 27.1 Å². The largest absolute Gasteiger partial charge is 0.324 e. The summed E-state index contributed by atoms with van der Waals surface area (Å²) in [4.78, 5) is 13.5. The van der Waals surface area contributed by atoms with Crippen molar-refractivity contribution in [1.29, 1.82) is 0 Å². The molecule has 1 N–H and O–H groups in total. The quantitative estimate of drug-likeness (QED) is 0.556. The number of sulfonamides is 1. The van der Waals surface area contributed by atoms with Gasteiger partial charge >= 0.3 is 0 Å². The van der Waals surface area contributed by atoms with Gasteiger partial charge in [-0.05, 0) is 48.0 Å². The van der Waals surface area contributed by atoms with Crippen LogP contribution in [0.15, 0.2) is 75.1 Å². The Morgan fingerprint density at radius 2 is 1.93 bits per heavy atom. The SMILES string of the molecule is CSc1cccc(NC(=O)CN(c2ccccc2F)S(=O)(=O)c2cccs2)c1. The number of para-hydroxylation sites is 1. The van der Waals surface area contributed by atoms with Crippen molar-refractivity contribution in [1.82, 2.24) is 0 Å². The van der Waals surface area contributed by atoms with Gasteiger partial charge in [-0.2, -0.15) is 0 Å². The Labute approximate surface area is 171 Å². The Morgan fingerprint density at radius 1 is 1.14 bits per heavy atom. The molecule has 0 unspecified atom stereocenters. The minimum absolute atomic E-state index is 0.0351. The zero-order valence-corrected chi connectivity index (χ0v) is 17.3. The molecule has 5 nitrogen and oxygen atoms in total. The summed E-state index contributed by atoms with van der Waals surface area (Å²) in [7, 11) is -4.09. The number of benzene rings is 2. The van der Waals surface area contributed by atoms with E-state index in [-0.39, 0.29) is 9.90 Å². The second kappa shape index (κ2) is 8.76. The number of thioether (sulfide) groups is 1. The number of hydrogen-bond acceptors (Lipinski definition) is 5. The Balaban J connectivity index is 1.91. The highest BCUT2D eigenvalue weighted by Gasteiger charge is 2.29. The standard InChI is InChI=1S/C19H17FN2O3S3/c1-26-15-7-4-6-14(12-15)21-18(23)13-22(17-9-3-2-8-16(17)20)28(24,25)19-10-5-11-27-19/h2-12H,13H2,1H3,(H,21,23). The summed E-state index contributed by atoms with van der Waals surface area (Å²) >= 11 is 2.53. The van der Waals surface area contributed by atoms with Gasteiger partial charge < -0.3 is 5.32 Å². The highest BCUT2D eigenvalue weighted by atomic mass is 32.2. The van der Waals surface area contributed by atoms with Crippen molar-refractivity contribution >= 4 is 50.4 Å². The fraction of sp³-hybridized carbons (Fsp3) is 0.105. The second-order valence-electron chi connectivity index (χ2n) is 5.68. The molecule has 1 amide bonds. The summed E-state index contributed by atoms with van der Waals surface area (Å²) in [6.45, 7) is -0.551. The molecule has 9 heteroatoms. The van der Waals surface area contributed by atoms with E-state index in [0.29, 0.717) is 5.69 Å². The maximum atomic E-state index is 14.4. The van der Waals surface area contributed by atoms with Crippen LogP contribution in [0.3, 0.4) is 0 Å². The molecule has 146 valence electrons. The lowest BCUT2D eigenvalue weighted by Gasteiger charge is -2.23. The number of thiophene rings is 1. The van der Waals surface area contributed by atoms with Gasteiger partial charge in [0.05, 0.1) is 5.69 Å². The van der Waals surface area contributed by atoms with Gasteiger partial charge in [0.2, 0.25) is 5.91 Å². The average Bonchev–Trinajstić information content (AvgIpc) is 3.22. The Bertz CT molecular complexity index is 1070. The summed E-state index contributed by atoms with van der Waals surface area (Å²) in [6.07, 6.45) is 1.91. The zero-order chi connectivity index (χ0) is 20.1. The lowest BCUT2D eigenvalue weighted by Crippen LogP contribution is -2.38. The van der Waals surface area contributed by atoms with Crippen molar-refractivity contribution in [2.45, 2.75) is 9.10 Å². The smallest absolute Gasteiger partial charge is 0.274 e. The fourth-order valence-corrected chi connectivity index (χ4v) is 5.50. The lowest BCUT2D eigenvalue weighted by molar-refractivity contribution is -0.114. The third kappa shape index (κ3) is 4.54. The number of nitrogens with zero attached hydrogens (tertiary/aromatic N) is 1. The number of nitrogens with one attached hydrogen (secondary N) is 1. The molecule has 0 aliphatic rings. The minimum atomic E-state index is -4.09. The summed E-state index contributed by atoms with van der Waals surface area (Å²) in [5, 5.41) is 4.29. The number of halogens is 1. The van der Waals surface area contributed by atoms with E-state index in [0.717, 1.165) is 26.6 Å². The molecule has 0 spiro atoms. The van der Waals surface area contributed by atoms with Crippen molar-refractivity contribution in [3.63, 3.8) is 0 Å². The predicted molar refractivity (Wildman–Crippen MR) is 112 cm³/mol. The average molecular weight is 437 g/mol. The summed E-state index contributed by atoms with van der Waals surface area (Å²) in [6, 6.07) is 15.7. The Hall–Kier alpha value is -2.36. The van der Waals surface area contributed by atoms with Crippen molar-refractivity contribution in [2.24, 2.45) is 0 Å². The van der Waals surface area contributed by atoms with Crippen LogP contribution in [0, 0.1) is 5.82 Å². The highest BCUT2D eigenvalue weighted by Crippen LogP contribution is 2.28. The van der Waals surface area contributed by atoms with Gasteiger partial charge in [0.1, 0.15) is 16.6 Å². The van der Waals surface area contributed by atoms with E-state index in [1.807, 2.05) is 12.3 Å². The van der Waals surface area contributed by atoms with Gasteiger partial charge in [0.25, 0.3) is 10.0 Å². The molecule has 3 aromatic rings. The first-order valence-corrected chi connectivity index (χ1v) is 11.7. The van der Waals surface area contributed by atoms with Gasteiger partial charge in [-0.3, -0.25) is 9.10 Å². The molecule has 0 atom stereocenters. The fourth-order valence-electron chi connectivity index (χ4n) is 2.50. The molecule has 0 aliphatic carbocycles. The molecule has 28 heavy (non-hydrogen) atoms. The molecular formula is C19H17FN2O3S3. The van der Waals surface area contributed by atoms with Gasteiger partial charge in [-0.15, -0.1) is 23.1 Å². The highest BCUT2D eigenvalue weighted by molar-refractivity contribution is 7.98. The first kappa shape index (κ1) is 20.4. The van der Waals surface area contributed by atoms with E-state index in [4.69, 9.17) is 0 Å². The van der Waals surface area contributed by atoms with Crippen molar-refractivity contribution < 1.29 is 17.6 Å². The summed E-state index contributed by atoms with van der Waals surface area (Å²) in [5.41, 5.74) is 0.364. The van der Waals surface area contributed by atoms with Crippen molar-refractivity contribution in [2.75, 3.05) is 22.4 Å². The second-order valence-corrected chi connectivity index (χ2v) is 9.59. The van der Waals surface area contributed by atoms with E-state index in [1.54, 1.807) is 29.6 Å². The third-order valence-corrected chi connectivity index (χ3v) is 7.66. The number of hydrogen-bond donors (Lipinski definition) is 1. The molecule has 0 aliphatic heterocycles. The summed E-state index contributed by atoms with van der Waals surface area (Å²) < 4.78 is 41.2. The van der Waals surface area contributed by atoms with Crippen LogP contribution in [0.4, 0.5) is 15.8 Å². The zero-order valence-electron chi connectivity index (χ0n) is 14.8. The first-order chi connectivity index (χ1) is 13.4. The predicted octanol–water partition coefficient (Wildman–Crippen LogP) is 4.44. The minimum Gasteiger partial charge on any atom is -0.324 e. The topological polar surface area (TPSA) is 66.5 Å². The number of carbonyl (C=O) groups is 1. The van der Waals surface area contributed by atoms with Crippen molar-refractivity contribution in [3.8, 4) is 0 Å². The number of carbonyl (C=O) groups excluding carboxylic acids is 1. The van der Waals surface area contributed by atoms with Gasteiger partial charge in [-0.1, -0.05) is 24.3 Å². The molecule has 2 aromatic carbocycles. The number of anilines is 2. The van der Waals surface area contributed by atoms with Crippen LogP contribution < -0.4 is 9.62 Å². The van der Waals surface area contributed by atoms with Crippen LogP contribution in [0.25, 0.3) is 0 Å². The normalized spacial score (nSPS) is 11.2. The molecule has 1 aromatic heterocycles. The maximum Gasteiger partial charge on any atom is 0.274 e. The molecule has 0 saturated carbocycles. The molecule has 3 rings (SSSR count). The third-order valence-electron chi connectivity index (χ3n) is 3.80. The van der Waals surface area contributed by atoms with E-state index in [9.17, 15) is 17.6 Å². The van der Waals surface area contributed by atoms with Gasteiger partial charge in [-0.25, -0.2) is 12.8 Å². The molecule has 0 radical (unpaired) electrons. The monoisotopic (exact) mass is 436 g/mol. The van der Waals surface area contributed by atoms with E-state index >= 15 is 0 Å². The maximum absolute atomic E-state index is 14.4. The molecular weight excluding hydrogens is 419 g/mol. The summed E-state index contributed by atoms with van der Waals surface area (Å²) in [5.74, 6) is -1.29. The van der Waals surface area contributed by atoms with E-state index < -0.39 is 28.3 Å². The Morgan fingerprint density at radius 3 is 2.61 bits per heavy atom. The lowest BCUT2D eigenvalue weighted by atomic mass is 10.3. The van der Waals surface area contributed by atoms with Crippen LogP contribution >= 0.6 is 23.1 Å². The number of amides is 1. The van der Waals surface area contributed by atoms with Crippen LogP contribution in [-0.2, 0) is 14.8 Å². The molecule has 0 saturated heterocycles. The van der Waals surface area contributed by atoms with Crippen LogP contribution in [0.1, 0.15) is 0 Å². The van der Waals surface area contributed by atoms with Crippen LogP contribution in [0.2, 0.25) is 0 Å². The molecule has 0 bridgehead atoms. The van der Waals surface area contributed by atoms with Gasteiger partial charge in [0.15, 0.2) is 0 Å². The molecule has 1 heterocycles. The van der Waals surface area contributed by atoms with Gasteiger partial charge in [0, 0.05) is 10.6 Å². The molecule has 0 fully saturated rings. The van der Waals surface area contributed by atoms with E-state index in [1.165, 1.54) is 36.0 Å². The first-order valence-electron chi connectivity index (χ1n) is 8.16. The van der Waals surface area contributed by atoms with Crippen LogP contribution in [0.5, 0.6) is 0 Å². The van der Waals surface area contributed by atoms with Crippen molar-refractivity contribution in [3.05, 3.63) is 71.9 Å². The number of rotatable bonds is 7. The van der Waals surface area contributed by atoms with E-state index in [2.05, 4.69) is 5.32 Å².